The standard InChI is InChI=1S/C14H19F3N2O.ClH/c1-10-8-11(2-3-13(10)20)12(9-14(15,16)17)19-6-4-18-5-7-19;/h2-3,8,12,18,20H,4-7,9H2,1H3;1H/t12-;/m0./s1. The molecule has 1 saturated heterocycles. The Labute approximate surface area is 128 Å². The fourth-order valence-electron chi connectivity index (χ4n) is 2.56. The fourth-order valence-corrected chi connectivity index (χ4v) is 2.56. The van der Waals surface area contributed by atoms with Crippen molar-refractivity contribution in [3.8, 4) is 5.75 Å². The number of nitrogens with one attached hydrogen (secondary N) is 1. The van der Waals surface area contributed by atoms with Crippen LogP contribution < -0.4 is 5.32 Å². The lowest BCUT2D eigenvalue weighted by molar-refractivity contribution is -0.148. The van der Waals surface area contributed by atoms with Crippen molar-refractivity contribution in [2.75, 3.05) is 26.2 Å². The molecule has 21 heavy (non-hydrogen) atoms. The summed E-state index contributed by atoms with van der Waals surface area (Å²) in [4.78, 5) is 1.86. The maximum atomic E-state index is 12.8. The van der Waals surface area contributed by atoms with Crippen LogP contribution in [0.4, 0.5) is 13.2 Å². The molecule has 0 aromatic heterocycles. The van der Waals surface area contributed by atoms with E-state index in [0.717, 1.165) is 0 Å². The topological polar surface area (TPSA) is 35.5 Å². The van der Waals surface area contributed by atoms with Crippen LogP contribution in [0.3, 0.4) is 0 Å². The predicted molar refractivity (Wildman–Crippen MR) is 77.9 cm³/mol. The molecule has 0 spiro atoms. The van der Waals surface area contributed by atoms with E-state index >= 15 is 0 Å². The molecule has 1 aromatic carbocycles. The number of halogens is 4. The second kappa shape index (κ2) is 7.33. The lowest BCUT2D eigenvalue weighted by Gasteiger charge is -2.35. The lowest BCUT2D eigenvalue weighted by atomic mass is 9.98. The summed E-state index contributed by atoms with van der Waals surface area (Å²) < 4.78 is 38.5. The third-order valence-corrected chi connectivity index (χ3v) is 3.62. The zero-order valence-corrected chi connectivity index (χ0v) is 12.6. The first-order chi connectivity index (χ1) is 9.37. The van der Waals surface area contributed by atoms with E-state index in [0.29, 0.717) is 37.3 Å². The molecular formula is C14H20ClF3N2O. The molecule has 2 rings (SSSR count). The zero-order chi connectivity index (χ0) is 14.8. The van der Waals surface area contributed by atoms with Crippen LogP contribution in [0.15, 0.2) is 18.2 Å². The molecule has 120 valence electrons. The minimum atomic E-state index is -4.21. The number of phenols is 1. The molecule has 1 aromatic rings. The normalized spacial score (nSPS) is 18.1. The van der Waals surface area contributed by atoms with Gasteiger partial charge in [-0.1, -0.05) is 12.1 Å². The molecule has 7 heteroatoms. The van der Waals surface area contributed by atoms with E-state index in [4.69, 9.17) is 0 Å². The molecule has 1 heterocycles. The van der Waals surface area contributed by atoms with Crippen LogP contribution >= 0.6 is 12.4 Å². The highest BCUT2D eigenvalue weighted by atomic mass is 35.5. The van der Waals surface area contributed by atoms with Gasteiger partial charge < -0.3 is 10.4 Å². The van der Waals surface area contributed by atoms with Crippen LogP contribution in [0.1, 0.15) is 23.6 Å². The third-order valence-electron chi connectivity index (χ3n) is 3.62. The average Bonchev–Trinajstić information content (AvgIpc) is 2.39. The van der Waals surface area contributed by atoms with Crippen LogP contribution in [0, 0.1) is 6.92 Å². The van der Waals surface area contributed by atoms with Crippen LogP contribution in [-0.4, -0.2) is 42.4 Å². The summed E-state index contributed by atoms with van der Waals surface area (Å²) in [5.74, 6) is 0.111. The van der Waals surface area contributed by atoms with Gasteiger partial charge in [0.2, 0.25) is 0 Å². The van der Waals surface area contributed by atoms with Crippen molar-refractivity contribution >= 4 is 12.4 Å². The minimum Gasteiger partial charge on any atom is -0.508 e. The molecule has 1 fully saturated rings. The highest BCUT2D eigenvalue weighted by molar-refractivity contribution is 5.85. The molecular weight excluding hydrogens is 305 g/mol. The zero-order valence-electron chi connectivity index (χ0n) is 11.8. The van der Waals surface area contributed by atoms with E-state index in [1.807, 2.05) is 4.90 Å². The van der Waals surface area contributed by atoms with Crippen molar-refractivity contribution in [3.05, 3.63) is 29.3 Å². The van der Waals surface area contributed by atoms with Crippen molar-refractivity contribution in [3.63, 3.8) is 0 Å². The van der Waals surface area contributed by atoms with Crippen molar-refractivity contribution < 1.29 is 18.3 Å². The van der Waals surface area contributed by atoms with Gasteiger partial charge in [-0.15, -0.1) is 12.4 Å². The lowest BCUT2D eigenvalue weighted by Crippen LogP contribution is -2.46. The first-order valence-corrected chi connectivity index (χ1v) is 6.68. The summed E-state index contributed by atoms with van der Waals surface area (Å²) in [6.07, 6.45) is -5.07. The van der Waals surface area contributed by atoms with Crippen LogP contribution in [-0.2, 0) is 0 Å². The highest BCUT2D eigenvalue weighted by Gasteiger charge is 2.36. The van der Waals surface area contributed by atoms with Crippen molar-refractivity contribution in [2.45, 2.75) is 25.6 Å². The van der Waals surface area contributed by atoms with Gasteiger partial charge in [0.1, 0.15) is 5.75 Å². The number of aryl methyl sites for hydroxylation is 1. The number of phenolic OH excluding ortho intramolecular Hbond substituents is 1. The first kappa shape index (κ1) is 18.1. The van der Waals surface area contributed by atoms with Gasteiger partial charge in [0, 0.05) is 32.2 Å². The second-order valence-corrected chi connectivity index (χ2v) is 5.17. The van der Waals surface area contributed by atoms with Crippen LogP contribution in [0.25, 0.3) is 0 Å². The monoisotopic (exact) mass is 324 g/mol. The van der Waals surface area contributed by atoms with E-state index in [-0.39, 0.29) is 18.2 Å². The average molecular weight is 325 g/mol. The van der Waals surface area contributed by atoms with Crippen LogP contribution in [0.2, 0.25) is 0 Å². The van der Waals surface area contributed by atoms with E-state index in [9.17, 15) is 18.3 Å². The van der Waals surface area contributed by atoms with Gasteiger partial charge in [0.15, 0.2) is 0 Å². The van der Waals surface area contributed by atoms with Crippen molar-refractivity contribution in [2.24, 2.45) is 0 Å². The number of aromatic hydroxyl groups is 1. The first-order valence-electron chi connectivity index (χ1n) is 6.68. The smallest absolute Gasteiger partial charge is 0.390 e. The Balaban J connectivity index is 0.00000220. The molecule has 0 amide bonds. The Bertz CT molecular complexity index is 462. The Morgan fingerprint density at radius 2 is 1.90 bits per heavy atom. The summed E-state index contributed by atoms with van der Waals surface area (Å²) in [7, 11) is 0. The van der Waals surface area contributed by atoms with Gasteiger partial charge in [-0.05, 0) is 24.1 Å². The van der Waals surface area contributed by atoms with Gasteiger partial charge in [0.05, 0.1) is 6.42 Å². The Morgan fingerprint density at radius 1 is 1.29 bits per heavy atom. The van der Waals surface area contributed by atoms with E-state index in [2.05, 4.69) is 5.32 Å². The minimum absolute atomic E-state index is 0. The van der Waals surface area contributed by atoms with Crippen LogP contribution in [0.5, 0.6) is 5.75 Å². The Kier molecular flexibility index (Phi) is 6.31. The molecule has 0 saturated carbocycles. The number of hydrogen-bond acceptors (Lipinski definition) is 3. The predicted octanol–water partition coefficient (Wildman–Crippen LogP) is 3.02. The van der Waals surface area contributed by atoms with Gasteiger partial charge >= 0.3 is 6.18 Å². The number of alkyl halides is 3. The van der Waals surface area contributed by atoms with Gasteiger partial charge in [-0.2, -0.15) is 13.2 Å². The summed E-state index contributed by atoms with van der Waals surface area (Å²) in [5, 5.41) is 12.7. The number of benzene rings is 1. The largest absolute Gasteiger partial charge is 0.508 e. The number of hydrogen-bond donors (Lipinski definition) is 2. The summed E-state index contributed by atoms with van der Waals surface area (Å²) in [5.41, 5.74) is 1.21. The van der Waals surface area contributed by atoms with Crippen molar-refractivity contribution in [1.29, 1.82) is 0 Å². The molecule has 1 aliphatic rings. The highest BCUT2D eigenvalue weighted by Crippen LogP contribution is 2.35. The van der Waals surface area contributed by atoms with E-state index in [1.54, 1.807) is 19.1 Å². The number of rotatable bonds is 3. The molecule has 0 aliphatic carbocycles. The maximum absolute atomic E-state index is 12.8. The van der Waals surface area contributed by atoms with E-state index in [1.165, 1.54) is 6.07 Å². The Hall–Kier alpha value is -0.980. The number of piperazine rings is 1. The molecule has 0 bridgehead atoms. The molecule has 0 radical (unpaired) electrons. The summed E-state index contributed by atoms with van der Waals surface area (Å²) in [6.45, 7) is 4.29. The molecule has 2 N–H and O–H groups in total. The van der Waals surface area contributed by atoms with Gasteiger partial charge in [-0.3, -0.25) is 4.90 Å². The van der Waals surface area contributed by atoms with Crippen molar-refractivity contribution in [1.82, 2.24) is 10.2 Å². The number of nitrogens with zero attached hydrogens (tertiary/aromatic N) is 1. The summed E-state index contributed by atoms with van der Waals surface area (Å²) >= 11 is 0. The third kappa shape index (κ3) is 5.05. The van der Waals surface area contributed by atoms with Gasteiger partial charge in [0.25, 0.3) is 0 Å². The Morgan fingerprint density at radius 3 is 2.43 bits per heavy atom. The molecule has 3 nitrogen and oxygen atoms in total. The molecule has 1 aliphatic heterocycles. The maximum Gasteiger partial charge on any atom is 0.390 e. The SMILES string of the molecule is Cc1cc([C@H](CC(F)(F)F)N2CCNCC2)ccc1O.Cl. The second-order valence-electron chi connectivity index (χ2n) is 5.17. The molecule has 0 unspecified atom stereocenters. The van der Waals surface area contributed by atoms with E-state index < -0.39 is 18.6 Å². The summed E-state index contributed by atoms with van der Waals surface area (Å²) in [6, 6.07) is 4.02. The molecule has 1 atom stereocenters. The van der Waals surface area contributed by atoms with Gasteiger partial charge in [-0.25, -0.2) is 0 Å². The quantitative estimate of drug-likeness (QED) is 0.897. The fraction of sp³-hybridized carbons (Fsp3) is 0.571.